The Hall–Kier alpha value is -2.26. The number of hydrogen-bond acceptors (Lipinski definition) is 3. The molecule has 0 spiro atoms. The Morgan fingerprint density at radius 3 is 2.60 bits per heavy atom. The van der Waals surface area contributed by atoms with Crippen LogP contribution in [0.4, 0.5) is 0 Å². The second-order valence-corrected chi connectivity index (χ2v) is 4.85. The predicted octanol–water partition coefficient (Wildman–Crippen LogP) is 3.30. The number of benzene rings is 1. The molecule has 0 radical (unpaired) electrons. The molecule has 20 heavy (non-hydrogen) atoms. The van der Waals surface area contributed by atoms with Crippen LogP contribution in [0, 0.1) is 0 Å². The van der Waals surface area contributed by atoms with Gasteiger partial charge in [-0.1, -0.05) is 18.2 Å². The number of aliphatic hydroxyl groups is 1. The summed E-state index contributed by atoms with van der Waals surface area (Å²) in [6, 6.07) is 11.9. The lowest BCUT2D eigenvalue weighted by molar-refractivity contribution is 0.169. The zero-order valence-electron chi connectivity index (χ0n) is 11.1. The van der Waals surface area contributed by atoms with Gasteiger partial charge in [0.05, 0.1) is 6.10 Å². The third-order valence-corrected chi connectivity index (χ3v) is 3.53. The summed E-state index contributed by atoms with van der Waals surface area (Å²) in [5.41, 5.74) is 2.14. The number of aliphatic hydroxyl groups excluding tert-OH is 1. The van der Waals surface area contributed by atoms with E-state index in [9.17, 15) is 5.11 Å². The van der Waals surface area contributed by atoms with Gasteiger partial charge in [0.2, 0.25) is 0 Å². The van der Waals surface area contributed by atoms with Crippen LogP contribution in [-0.4, -0.2) is 15.1 Å². The zero-order valence-corrected chi connectivity index (χ0v) is 11.1. The van der Waals surface area contributed by atoms with Crippen molar-refractivity contribution in [2.75, 3.05) is 0 Å². The molecule has 0 saturated carbocycles. The summed E-state index contributed by atoms with van der Waals surface area (Å²) in [5, 5.41) is 12.6. The van der Waals surface area contributed by atoms with Gasteiger partial charge in [-0.25, -0.2) is 0 Å². The molecule has 1 atom stereocenters. The number of fused-ring (bicyclic) bond motifs is 1. The lowest BCUT2D eigenvalue weighted by atomic mass is 9.98. The standard InChI is InChI=1S/C17H16N2O/c20-17(5-4-13-6-9-18-10-7-13)15-3-1-2-14-8-11-19-12-16(14)15/h1-3,6-12,17,20H,4-5H2. The second kappa shape index (κ2) is 5.80. The molecule has 0 bridgehead atoms. The maximum atomic E-state index is 10.4. The molecule has 0 amide bonds. The molecule has 3 rings (SSSR count). The minimum Gasteiger partial charge on any atom is -0.388 e. The van der Waals surface area contributed by atoms with Gasteiger partial charge in [-0.15, -0.1) is 0 Å². The highest BCUT2D eigenvalue weighted by Crippen LogP contribution is 2.26. The fraction of sp³-hybridized carbons (Fsp3) is 0.176. The van der Waals surface area contributed by atoms with Crippen molar-refractivity contribution in [2.45, 2.75) is 18.9 Å². The van der Waals surface area contributed by atoms with Gasteiger partial charge in [-0.05, 0) is 47.6 Å². The van der Waals surface area contributed by atoms with Crippen LogP contribution < -0.4 is 0 Å². The third-order valence-electron chi connectivity index (χ3n) is 3.53. The van der Waals surface area contributed by atoms with Crippen molar-refractivity contribution in [2.24, 2.45) is 0 Å². The first-order valence-corrected chi connectivity index (χ1v) is 6.74. The van der Waals surface area contributed by atoms with Crippen LogP contribution in [0.2, 0.25) is 0 Å². The summed E-state index contributed by atoms with van der Waals surface area (Å²) in [4.78, 5) is 8.16. The van der Waals surface area contributed by atoms with E-state index < -0.39 is 6.10 Å². The van der Waals surface area contributed by atoms with Gasteiger partial charge >= 0.3 is 0 Å². The third kappa shape index (κ3) is 2.68. The van der Waals surface area contributed by atoms with Gasteiger partial charge in [0.25, 0.3) is 0 Å². The van der Waals surface area contributed by atoms with Gasteiger partial charge in [0, 0.05) is 30.2 Å². The number of nitrogens with zero attached hydrogens (tertiary/aromatic N) is 2. The van der Waals surface area contributed by atoms with Crippen molar-refractivity contribution in [3.63, 3.8) is 0 Å². The summed E-state index contributed by atoms with van der Waals surface area (Å²) in [6.07, 6.45) is 8.21. The summed E-state index contributed by atoms with van der Waals surface area (Å²) < 4.78 is 0. The molecule has 100 valence electrons. The molecule has 0 saturated heterocycles. The van der Waals surface area contributed by atoms with Crippen LogP contribution in [0.15, 0.2) is 61.2 Å². The molecule has 3 aromatic rings. The van der Waals surface area contributed by atoms with Crippen LogP contribution >= 0.6 is 0 Å². The highest BCUT2D eigenvalue weighted by molar-refractivity contribution is 5.85. The van der Waals surface area contributed by atoms with E-state index in [2.05, 4.69) is 9.97 Å². The van der Waals surface area contributed by atoms with Crippen LogP contribution in [0.5, 0.6) is 0 Å². The summed E-state index contributed by atoms with van der Waals surface area (Å²) in [6.45, 7) is 0. The van der Waals surface area contributed by atoms with Gasteiger partial charge in [0.1, 0.15) is 0 Å². The quantitative estimate of drug-likeness (QED) is 0.786. The van der Waals surface area contributed by atoms with Crippen molar-refractivity contribution in [1.29, 1.82) is 0 Å². The molecular formula is C17H16N2O. The molecule has 3 nitrogen and oxygen atoms in total. The SMILES string of the molecule is OC(CCc1ccncc1)c1cccc2ccncc12. The number of aryl methyl sites for hydroxylation is 1. The number of pyridine rings is 2. The monoisotopic (exact) mass is 264 g/mol. The maximum Gasteiger partial charge on any atom is 0.0799 e. The average molecular weight is 264 g/mol. The molecular weight excluding hydrogens is 248 g/mol. The lowest BCUT2D eigenvalue weighted by Crippen LogP contribution is -2.01. The van der Waals surface area contributed by atoms with Crippen molar-refractivity contribution in [3.8, 4) is 0 Å². The van der Waals surface area contributed by atoms with Gasteiger partial charge in [0.15, 0.2) is 0 Å². The molecule has 1 unspecified atom stereocenters. The van der Waals surface area contributed by atoms with Crippen LogP contribution in [0.25, 0.3) is 10.8 Å². The van der Waals surface area contributed by atoms with Crippen molar-refractivity contribution in [3.05, 3.63) is 72.3 Å². The van der Waals surface area contributed by atoms with Crippen LogP contribution in [0.3, 0.4) is 0 Å². The fourth-order valence-electron chi connectivity index (χ4n) is 2.44. The predicted molar refractivity (Wildman–Crippen MR) is 79.3 cm³/mol. The first kappa shape index (κ1) is 12.8. The smallest absolute Gasteiger partial charge is 0.0799 e. The molecule has 3 heteroatoms. The Labute approximate surface area is 117 Å². The average Bonchev–Trinajstić information content (AvgIpc) is 2.53. The minimum absolute atomic E-state index is 0.476. The molecule has 2 heterocycles. The van der Waals surface area contributed by atoms with E-state index in [1.54, 1.807) is 18.6 Å². The van der Waals surface area contributed by atoms with Crippen molar-refractivity contribution < 1.29 is 5.11 Å². The number of rotatable bonds is 4. The van der Waals surface area contributed by atoms with E-state index in [1.165, 1.54) is 5.56 Å². The zero-order chi connectivity index (χ0) is 13.8. The molecule has 1 aromatic carbocycles. The topological polar surface area (TPSA) is 46.0 Å². The molecule has 1 N–H and O–H groups in total. The van der Waals surface area contributed by atoms with Gasteiger partial charge in [-0.2, -0.15) is 0 Å². The Kier molecular flexibility index (Phi) is 3.70. The van der Waals surface area contributed by atoms with E-state index in [-0.39, 0.29) is 0 Å². The normalized spacial score (nSPS) is 12.4. The summed E-state index contributed by atoms with van der Waals surface area (Å²) in [7, 11) is 0. The summed E-state index contributed by atoms with van der Waals surface area (Å²) >= 11 is 0. The Morgan fingerprint density at radius 1 is 0.950 bits per heavy atom. The number of hydrogen-bond donors (Lipinski definition) is 1. The molecule has 0 fully saturated rings. The molecule has 0 aliphatic heterocycles. The Bertz CT molecular complexity index is 692. The first-order valence-electron chi connectivity index (χ1n) is 6.74. The highest BCUT2D eigenvalue weighted by Gasteiger charge is 2.11. The van der Waals surface area contributed by atoms with Gasteiger partial charge in [-0.3, -0.25) is 9.97 Å². The lowest BCUT2D eigenvalue weighted by Gasteiger charge is -2.13. The minimum atomic E-state index is -0.476. The Balaban J connectivity index is 1.80. The highest BCUT2D eigenvalue weighted by atomic mass is 16.3. The maximum absolute atomic E-state index is 10.4. The van der Waals surface area contributed by atoms with E-state index in [4.69, 9.17) is 0 Å². The van der Waals surface area contributed by atoms with Crippen molar-refractivity contribution in [1.82, 2.24) is 9.97 Å². The van der Waals surface area contributed by atoms with E-state index in [1.807, 2.05) is 42.6 Å². The molecule has 0 aliphatic rings. The largest absolute Gasteiger partial charge is 0.388 e. The first-order chi connectivity index (χ1) is 9.84. The van der Waals surface area contributed by atoms with E-state index in [0.717, 1.165) is 22.8 Å². The molecule has 2 aromatic heterocycles. The fourth-order valence-corrected chi connectivity index (χ4v) is 2.44. The van der Waals surface area contributed by atoms with Crippen LogP contribution in [0.1, 0.15) is 23.7 Å². The van der Waals surface area contributed by atoms with Crippen molar-refractivity contribution >= 4 is 10.8 Å². The second-order valence-electron chi connectivity index (χ2n) is 4.85. The number of aromatic nitrogens is 2. The van der Waals surface area contributed by atoms with E-state index >= 15 is 0 Å². The van der Waals surface area contributed by atoms with Crippen LogP contribution in [-0.2, 0) is 6.42 Å². The Morgan fingerprint density at radius 2 is 1.75 bits per heavy atom. The van der Waals surface area contributed by atoms with E-state index in [0.29, 0.717) is 6.42 Å². The molecule has 0 aliphatic carbocycles. The van der Waals surface area contributed by atoms with Gasteiger partial charge < -0.3 is 5.11 Å². The summed E-state index contributed by atoms with van der Waals surface area (Å²) in [5.74, 6) is 0.